The second kappa shape index (κ2) is 9.73. The van der Waals surface area contributed by atoms with Crippen molar-refractivity contribution < 1.29 is 14.3 Å². The minimum absolute atomic E-state index is 0.175. The molecule has 3 heterocycles. The molecule has 0 fully saturated rings. The summed E-state index contributed by atoms with van der Waals surface area (Å²) in [7, 11) is 0. The number of carbonyl (C=O) groups excluding carboxylic acids is 1. The van der Waals surface area contributed by atoms with Gasteiger partial charge in [-0.2, -0.15) is 4.98 Å². The van der Waals surface area contributed by atoms with E-state index in [9.17, 15) is 9.90 Å². The van der Waals surface area contributed by atoms with Crippen molar-refractivity contribution in [1.29, 1.82) is 0 Å². The van der Waals surface area contributed by atoms with Crippen LogP contribution in [-0.4, -0.2) is 26.9 Å². The lowest BCUT2D eigenvalue weighted by molar-refractivity contribution is -0.113. The number of carbonyl (C=O) groups is 1. The number of anilines is 2. The summed E-state index contributed by atoms with van der Waals surface area (Å²) in [4.78, 5) is 26.7. The number of aliphatic hydroxyl groups is 1. The number of nitrogens with one attached hydrogen (secondary N) is 3. The maximum Gasteiger partial charge on any atom is 0.302 e. The van der Waals surface area contributed by atoms with E-state index in [4.69, 9.17) is 21.0 Å². The summed E-state index contributed by atoms with van der Waals surface area (Å²) in [5.41, 5.74) is 3.49. The van der Waals surface area contributed by atoms with E-state index in [0.717, 1.165) is 24.3 Å². The number of aromatic nitrogens is 2. The van der Waals surface area contributed by atoms with Crippen LogP contribution in [0, 0.1) is 0 Å². The van der Waals surface area contributed by atoms with Crippen LogP contribution in [0.5, 0.6) is 0 Å². The van der Waals surface area contributed by atoms with Gasteiger partial charge in [0.05, 0.1) is 29.8 Å². The fourth-order valence-corrected chi connectivity index (χ4v) is 4.22. The molecule has 178 valence electrons. The number of halogens is 1. The Morgan fingerprint density at radius 2 is 2.14 bits per heavy atom. The van der Waals surface area contributed by atoms with Crippen molar-refractivity contribution in [2.75, 3.05) is 10.6 Å². The van der Waals surface area contributed by atoms with Crippen LogP contribution in [0.1, 0.15) is 42.1 Å². The summed E-state index contributed by atoms with van der Waals surface area (Å²) in [6.07, 6.45) is 7.19. The number of pyridine rings is 1. The van der Waals surface area contributed by atoms with Gasteiger partial charge < -0.3 is 20.2 Å². The van der Waals surface area contributed by atoms with Gasteiger partial charge in [-0.1, -0.05) is 35.9 Å². The van der Waals surface area contributed by atoms with Gasteiger partial charge in [0.1, 0.15) is 17.5 Å². The van der Waals surface area contributed by atoms with Crippen LogP contribution in [0.25, 0.3) is 6.08 Å². The van der Waals surface area contributed by atoms with Crippen molar-refractivity contribution in [3.63, 3.8) is 0 Å². The van der Waals surface area contributed by atoms with Gasteiger partial charge in [-0.3, -0.25) is 15.1 Å². The van der Waals surface area contributed by atoms with Gasteiger partial charge in [0.2, 0.25) is 5.96 Å². The number of allylic oxidation sites excluding steroid dienone is 2. The normalized spacial score (nSPS) is 16.9. The zero-order valence-corrected chi connectivity index (χ0v) is 19.6. The predicted octanol–water partition coefficient (Wildman–Crippen LogP) is 4.20. The molecule has 9 nitrogen and oxygen atoms in total. The molecule has 2 aromatic heterocycles. The van der Waals surface area contributed by atoms with Crippen LogP contribution in [0.4, 0.5) is 11.7 Å². The van der Waals surface area contributed by atoms with E-state index in [2.05, 4.69) is 32.0 Å². The Balaban J connectivity index is 1.45. The third-order valence-corrected chi connectivity index (χ3v) is 6.04. The molecule has 1 amide bonds. The molecule has 1 aliphatic carbocycles. The van der Waals surface area contributed by atoms with Gasteiger partial charge in [-0.25, -0.2) is 4.99 Å². The summed E-state index contributed by atoms with van der Waals surface area (Å²) in [6.45, 7) is 1.62. The third kappa shape index (κ3) is 4.82. The summed E-state index contributed by atoms with van der Waals surface area (Å²) in [5, 5.41) is 18.8. The highest BCUT2D eigenvalue weighted by atomic mass is 35.5. The summed E-state index contributed by atoms with van der Waals surface area (Å²) in [6, 6.07) is 10.2. The molecule has 1 atom stereocenters. The summed E-state index contributed by atoms with van der Waals surface area (Å²) in [5.74, 6) is 0.862. The van der Waals surface area contributed by atoms with Crippen LogP contribution in [0.3, 0.4) is 0 Å². The van der Waals surface area contributed by atoms with Crippen molar-refractivity contribution in [3.8, 4) is 0 Å². The Hall–Kier alpha value is -3.95. The standard InChI is InChI=1S/C25H23ClN6O3/c1-14-21(23(34)29-15-10-11-16(13-33)27-12-15)22(17-6-2-3-7-18(17)26)31-24(28-14)32-25-30-19-8-4-5-9-20(19)35-25/h2-4,6-8,10-12,22,33H,5,9,13H2,1H3,(H,29,34)(H2,28,30,31,32). The third-order valence-electron chi connectivity index (χ3n) is 5.70. The molecular formula is C25H23ClN6O3. The molecule has 0 saturated heterocycles. The molecule has 0 spiro atoms. The molecule has 1 aliphatic heterocycles. The number of aryl methyl sites for hydroxylation is 1. The number of fused-ring (bicyclic) bond motifs is 1. The number of benzene rings is 1. The Labute approximate surface area is 206 Å². The van der Waals surface area contributed by atoms with Gasteiger partial charge in [-0.05, 0) is 37.6 Å². The van der Waals surface area contributed by atoms with E-state index in [1.54, 1.807) is 25.1 Å². The number of aliphatic hydroxyl groups excluding tert-OH is 1. The molecule has 5 rings (SSSR count). The van der Waals surface area contributed by atoms with Crippen molar-refractivity contribution in [2.45, 2.75) is 32.4 Å². The zero-order valence-electron chi connectivity index (χ0n) is 18.9. The first kappa shape index (κ1) is 22.8. The maximum atomic E-state index is 13.4. The largest absolute Gasteiger partial charge is 0.428 e. The van der Waals surface area contributed by atoms with Crippen LogP contribution in [-0.2, 0) is 17.8 Å². The monoisotopic (exact) mass is 490 g/mol. The summed E-state index contributed by atoms with van der Waals surface area (Å²) < 4.78 is 5.84. The fourth-order valence-electron chi connectivity index (χ4n) is 3.98. The number of rotatable bonds is 5. The summed E-state index contributed by atoms with van der Waals surface area (Å²) >= 11 is 6.51. The molecule has 2 aliphatic rings. The molecule has 3 aromatic rings. The van der Waals surface area contributed by atoms with E-state index in [0.29, 0.717) is 45.2 Å². The van der Waals surface area contributed by atoms with E-state index < -0.39 is 6.04 Å². The number of nitrogens with zero attached hydrogens (tertiary/aromatic N) is 3. The second-order valence-electron chi connectivity index (χ2n) is 8.11. The molecule has 1 unspecified atom stereocenters. The number of aliphatic imine (C=N–C) groups is 1. The second-order valence-corrected chi connectivity index (χ2v) is 8.52. The highest BCUT2D eigenvalue weighted by Gasteiger charge is 2.31. The number of hydrogen-bond donors (Lipinski definition) is 4. The topological polar surface area (TPSA) is 125 Å². The molecule has 10 heteroatoms. The molecular weight excluding hydrogens is 468 g/mol. The maximum absolute atomic E-state index is 13.4. The fraction of sp³-hybridized carbons (Fsp3) is 0.200. The smallest absolute Gasteiger partial charge is 0.302 e. The Bertz CT molecular complexity index is 1360. The van der Waals surface area contributed by atoms with E-state index in [1.165, 1.54) is 6.20 Å². The van der Waals surface area contributed by atoms with Gasteiger partial charge in [0, 0.05) is 22.7 Å². The van der Waals surface area contributed by atoms with Crippen molar-refractivity contribution in [2.24, 2.45) is 4.99 Å². The lowest BCUT2D eigenvalue weighted by Gasteiger charge is -2.27. The number of amides is 1. The van der Waals surface area contributed by atoms with Gasteiger partial charge in [0.25, 0.3) is 5.91 Å². The van der Waals surface area contributed by atoms with E-state index in [-0.39, 0.29) is 12.5 Å². The molecule has 4 N–H and O–H groups in total. The Kier molecular flexibility index (Phi) is 6.35. The Morgan fingerprint density at radius 1 is 1.29 bits per heavy atom. The SMILES string of the molecule is CC1=C(C(=O)Nc2ccc(CO)nc2)C(c2ccccc2Cl)N=C(Nc2nc3c(o2)CCC=C3)N1. The van der Waals surface area contributed by atoms with Crippen LogP contribution < -0.4 is 16.0 Å². The first-order valence-electron chi connectivity index (χ1n) is 11.1. The van der Waals surface area contributed by atoms with Crippen LogP contribution in [0.2, 0.25) is 5.02 Å². The quantitative estimate of drug-likeness (QED) is 0.422. The van der Waals surface area contributed by atoms with Gasteiger partial charge in [0.15, 0.2) is 0 Å². The minimum Gasteiger partial charge on any atom is -0.428 e. The van der Waals surface area contributed by atoms with Crippen LogP contribution in [0.15, 0.2) is 69.4 Å². The van der Waals surface area contributed by atoms with Gasteiger partial charge >= 0.3 is 6.01 Å². The molecule has 0 bridgehead atoms. The number of guanidine groups is 1. The minimum atomic E-state index is -0.679. The average Bonchev–Trinajstić information content (AvgIpc) is 3.26. The van der Waals surface area contributed by atoms with Crippen molar-refractivity contribution in [1.82, 2.24) is 15.3 Å². The van der Waals surface area contributed by atoms with Crippen LogP contribution >= 0.6 is 11.6 Å². The van der Waals surface area contributed by atoms with E-state index >= 15 is 0 Å². The van der Waals surface area contributed by atoms with Crippen molar-refractivity contribution in [3.05, 3.63) is 87.7 Å². The Morgan fingerprint density at radius 3 is 2.89 bits per heavy atom. The highest BCUT2D eigenvalue weighted by molar-refractivity contribution is 6.31. The predicted molar refractivity (Wildman–Crippen MR) is 134 cm³/mol. The molecule has 0 saturated carbocycles. The molecule has 35 heavy (non-hydrogen) atoms. The molecule has 1 aromatic carbocycles. The number of oxazole rings is 1. The molecule has 0 radical (unpaired) electrons. The first-order chi connectivity index (χ1) is 17.0. The zero-order chi connectivity index (χ0) is 24.4. The lowest BCUT2D eigenvalue weighted by atomic mass is 9.95. The van der Waals surface area contributed by atoms with Gasteiger partial charge in [-0.15, -0.1) is 0 Å². The number of hydrogen-bond acceptors (Lipinski definition) is 8. The lowest BCUT2D eigenvalue weighted by Crippen LogP contribution is -2.37. The van der Waals surface area contributed by atoms with E-state index in [1.807, 2.05) is 24.3 Å². The first-order valence-corrected chi connectivity index (χ1v) is 11.5. The van der Waals surface area contributed by atoms with Crippen molar-refractivity contribution >= 4 is 41.2 Å². The average molecular weight is 491 g/mol. The highest BCUT2D eigenvalue weighted by Crippen LogP contribution is 2.35.